The van der Waals surface area contributed by atoms with E-state index >= 15 is 0 Å². The molecule has 1 aromatic carbocycles. The molecule has 1 nitrogen and oxygen atoms in total. The fourth-order valence-corrected chi connectivity index (χ4v) is 3.86. The first-order valence-corrected chi connectivity index (χ1v) is 7.58. The second kappa shape index (κ2) is 4.79. The van der Waals surface area contributed by atoms with Crippen molar-refractivity contribution in [3.05, 3.63) is 46.5 Å². The lowest BCUT2D eigenvalue weighted by Gasteiger charge is -2.33. The van der Waals surface area contributed by atoms with Crippen molar-refractivity contribution in [2.75, 3.05) is 0 Å². The molecule has 0 aromatic heterocycles. The molecule has 0 aliphatic heterocycles. The molecule has 2 N–H and O–H groups in total. The molecular weight excluding hydrogens is 230 g/mol. The van der Waals surface area contributed by atoms with Crippen LogP contribution in [0.2, 0.25) is 0 Å². The maximum atomic E-state index is 6.17. The molecular formula is C18H25N. The minimum Gasteiger partial charge on any atom is -0.324 e. The van der Waals surface area contributed by atoms with E-state index in [4.69, 9.17) is 5.73 Å². The summed E-state index contributed by atoms with van der Waals surface area (Å²) in [5.41, 5.74) is 12.7. The van der Waals surface area contributed by atoms with E-state index in [1.165, 1.54) is 36.8 Å². The number of nitrogens with two attached hydrogens (primary N) is 1. The number of aryl methyl sites for hydroxylation is 2. The molecule has 1 unspecified atom stereocenters. The van der Waals surface area contributed by atoms with Gasteiger partial charge in [0.1, 0.15) is 0 Å². The van der Waals surface area contributed by atoms with Crippen LogP contribution in [0.3, 0.4) is 0 Å². The number of allylic oxidation sites excluding steroid dienone is 1. The van der Waals surface area contributed by atoms with Gasteiger partial charge in [-0.25, -0.2) is 0 Å². The second-order valence-electron chi connectivity index (χ2n) is 7.17. The standard InChI is InChI=1S/C18H25N/c1-18(2)11-14(10-17(19)12-18)8-13-6-7-15-4-3-5-16(15)9-13/h6-7,9-10,17H,3-5,8,11-12,19H2,1-2H3. The predicted molar refractivity (Wildman–Crippen MR) is 81.2 cm³/mol. The Morgan fingerprint density at radius 3 is 2.79 bits per heavy atom. The normalized spacial score (nSPS) is 25.0. The summed E-state index contributed by atoms with van der Waals surface area (Å²) in [5, 5.41) is 0. The van der Waals surface area contributed by atoms with Gasteiger partial charge < -0.3 is 5.73 Å². The van der Waals surface area contributed by atoms with Crippen molar-refractivity contribution in [2.45, 2.75) is 58.4 Å². The summed E-state index contributed by atoms with van der Waals surface area (Å²) in [6, 6.07) is 7.33. The predicted octanol–water partition coefficient (Wildman–Crippen LogP) is 3.79. The Balaban J connectivity index is 1.78. The zero-order valence-corrected chi connectivity index (χ0v) is 12.2. The Bertz CT molecular complexity index is 510. The monoisotopic (exact) mass is 255 g/mol. The minimum atomic E-state index is 0.244. The first-order chi connectivity index (χ1) is 9.02. The number of hydrogen-bond donors (Lipinski definition) is 1. The molecule has 19 heavy (non-hydrogen) atoms. The Kier molecular flexibility index (Phi) is 3.26. The summed E-state index contributed by atoms with van der Waals surface area (Å²) in [6.07, 6.45) is 9.57. The molecule has 3 rings (SSSR count). The first-order valence-electron chi connectivity index (χ1n) is 7.58. The Morgan fingerprint density at radius 1 is 1.21 bits per heavy atom. The van der Waals surface area contributed by atoms with E-state index in [0.717, 1.165) is 12.8 Å². The summed E-state index contributed by atoms with van der Waals surface area (Å²) < 4.78 is 0. The van der Waals surface area contributed by atoms with Crippen LogP contribution in [0.25, 0.3) is 0 Å². The van der Waals surface area contributed by atoms with Gasteiger partial charge in [-0.2, -0.15) is 0 Å². The van der Waals surface area contributed by atoms with Gasteiger partial charge in [0.2, 0.25) is 0 Å². The topological polar surface area (TPSA) is 26.0 Å². The average molecular weight is 255 g/mol. The third-order valence-electron chi connectivity index (χ3n) is 4.54. The largest absolute Gasteiger partial charge is 0.324 e. The average Bonchev–Trinajstić information content (AvgIpc) is 2.73. The highest BCUT2D eigenvalue weighted by atomic mass is 14.6. The van der Waals surface area contributed by atoms with E-state index in [1.54, 1.807) is 11.1 Å². The van der Waals surface area contributed by atoms with E-state index < -0.39 is 0 Å². The van der Waals surface area contributed by atoms with E-state index in [0.29, 0.717) is 5.41 Å². The second-order valence-corrected chi connectivity index (χ2v) is 7.17. The maximum absolute atomic E-state index is 6.17. The smallest absolute Gasteiger partial charge is 0.0231 e. The van der Waals surface area contributed by atoms with E-state index in [1.807, 2.05) is 0 Å². The van der Waals surface area contributed by atoms with Crippen LogP contribution in [0.5, 0.6) is 0 Å². The SMILES string of the molecule is CC1(C)CC(Cc2ccc3c(c2)CCC3)=CC(N)C1. The molecule has 0 amide bonds. The van der Waals surface area contributed by atoms with Crippen molar-refractivity contribution < 1.29 is 0 Å². The van der Waals surface area contributed by atoms with Gasteiger partial charge >= 0.3 is 0 Å². The maximum Gasteiger partial charge on any atom is 0.0231 e. The van der Waals surface area contributed by atoms with Crippen molar-refractivity contribution >= 4 is 0 Å². The molecule has 1 atom stereocenters. The zero-order valence-electron chi connectivity index (χ0n) is 12.2. The lowest BCUT2D eigenvalue weighted by atomic mass is 9.74. The summed E-state index contributed by atoms with van der Waals surface area (Å²) in [4.78, 5) is 0. The van der Waals surface area contributed by atoms with Crippen LogP contribution in [0.4, 0.5) is 0 Å². The molecule has 1 aromatic rings. The van der Waals surface area contributed by atoms with Gasteiger partial charge in [0.25, 0.3) is 0 Å². The third-order valence-corrected chi connectivity index (χ3v) is 4.54. The third kappa shape index (κ3) is 2.92. The van der Waals surface area contributed by atoms with E-state index in [-0.39, 0.29) is 6.04 Å². The van der Waals surface area contributed by atoms with Gasteiger partial charge in [0.05, 0.1) is 0 Å². The minimum absolute atomic E-state index is 0.244. The van der Waals surface area contributed by atoms with Crippen LogP contribution >= 0.6 is 0 Å². The lowest BCUT2D eigenvalue weighted by molar-refractivity contribution is 0.299. The molecule has 0 bridgehead atoms. The van der Waals surface area contributed by atoms with Gasteiger partial charge in [-0.15, -0.1) is 0 Å². The fraction of sp³-hybridized carbons (Fsp3) is 0.556. The van der Waals surface area contributed by atoms with E-state index in [9.17, 15) is 0 Å². The number of fused-ring (bicyclic) bond motifs is 1. The van der Waals surface area contributed by atoms with Crippen molar-refractivity contribution in [3.8, 4) is 0 Å². The van der Waals surface area contributed by atoms with Gasteiger partial charge in [-0.3, -0.25) is 0 Å². The summed E-state index contributed by atoms with van der Waals surface area (Å²) in [6.45, 7) is 4.67. The number of benzene rings is 1. The van der Waals surface area contributed by atoms with Crippen molar-refractivity contribution in [1.29, 1.82) is 0 Å². The molecule has 102 valence electrons. The number of hydrogen-bond acceptors (Lipinski definition) is 1. The zero-order chi connectivity index (χ0) is 13.5. The molecule has 1 heteroatoms. The van der Waals surface area contributed by atoms with Crippen molar-refractivity contribution in [2.24, 2.45) is 11.1 Å². The fourth-order valence-electron chi connectivity index (χ4n) is 3.86. The van der Waals surface area contributed by atoms with Gasteiger partial charge in [-0.1, -0.05) is 43.7 Å². The summed E-state index contributed by atoms with van der Waals surface area (Å²) >= 11 is 0. The highest BCUT2D eigenvalue weighted by molar-refractivity contribution is 5.37. The van der Waals surface area contributed by atoms with E-state index in [2.05, 4.69) is 38.1 Å². The van der Waals surface area contributed by atoms with Gasteiger partial charge in [0, 0.05) is 6.04 Å². The van der Waals surface area contributed by atoms with Crippen LogP contribution in [0.15, 0.2) is 29.8 Å². The van der Waals surface area contributed by atoms with Crippen LogP contribution in [-0.4, -0.2) is 6.04 Å². The van der Waals surface area contributed by atoms with Crippen molar-refractivity contribution in [3.63, 3.8) is 0 Å². The molecule has 2 aliphatic carbocycles. The Hall–Kier alpha value is -1.08. The Labute approximate surface area is 116 Å². The highest BCUT2D eigenvalue weighted by Crippen LogP contribution is 2.36. The molecule has 2 aliphatic rings. The molecule has 0 saturated heterocycles. The van der Waals surface area contributed by atoms with Crippen LogP contribution in [0.1, 0.15) is 49.8 Å². The van der Waals surface area contributed by atoms with Gasteiger partial charge in [-0.05, 0) is 60.6 Å². The molecule has 0 heterocycles. The molecule has 0 radical (unpaired) electrons. The summed E-state index contributed by atoms with van der Waals surface area (Å²) in [7, 11) is 0. The lowest BCUT2D eigenvalue weighted by Crippen LogP contribution is -2.31. The van der Waals surface area contributed by atoms with Gasteiger partial charge in [0.15, 0.2) is 0 Å². The van der Waals surface area contributed by atoms with Crippen LogP contribution in [0, 0.1) is 5.41 Å². The van der Waals surface area contributed by atoms with Crippen LogP contribution < -0.4 is 5.73 Å². The molecule has 0 saturated carbocycles. The Morgan fingerprint density at radius 2 is 2.00 bits per heavy atom. The van der Waals surface area contributed by atoms with Crippen LogP contribution in [-0.2, 0) is 19.3 Å². The number of rotatable bonds is 2. The first kappa shape index (κ1) is 12.9. The molecule has 0 spiro atoms. The quantitative estimate of drug-likeness (QED) is 0.799. The highest BCUT2D eigenvalue weighted by Gasteiger charge is 2.26. The van der Waals surface area contributed by atoms with Crippen molar-refractivity contribution in [1.82, 2.24) is 0 Å². The molecule has 0 fully saturated rings. The summed E-state index contributed by atoms with van der Waals surface area (Å²) in [5.74, 6) is 0.